The molecule has 2 fully saturated rings. The van der Waals surface area contributed by atoms with Gasteiger partial charge in [0.1, 0.15) is 0 Å². The Kier molecular flexibility index (Phi) is 6.09. The van der Waals surface area contributed by atoms with Gasteiger partial charge in [-0.1, -0.05) is 23.7 Å². The summed E-state index contributed by atoms with van der Waals surface area (Å²) in [6.45, 7) is 2.74. The van der Waals surface area contributed by atoms with E-state index in [1.165, 1.54) is 6.42 Å². The third-order valence-electron chi connectivity index (χ3n) is 4.62. The zero-order valence-corrected chi connectivity index (χ0v) is 14.4. The summed E-state index contributed by atoms with van der Waals surface area (Å²) in [6, 6.07) is 8.11. The van der Waals surface area contributed by atoms with Crippen LogP contribution in [0, 0.1) is 0 Å². The minimum absolute atomic E-state index is 0. The lowest BCUT2D eigenvalue weighted by Crippen LogP contribution is -2.51. The van der Waals surface area contributed by atoms with Gasteiger partial charge < -0.3 is 10.2 Å². The summed E-state index contributed by atoms with van der Waals surface area (Å²) in [5.41, 5.74) is 0.842. The highest BCUT2D eigenvalue weighted by molar-refractivity contribution is 6.33. The van der Waals surface area contributed by atoms with E-state index in [4.69, 9.17) is 11.6 Å². The van der Waals surface area contributed by atoms with Crippen molar-refractivity contribution in [3.8, 4) is 0 Å². The number of halogens is 2. The Morgan fingerprint density at radius 1 is 1.23 bits per heavy atom. The van der Waals surface area contributed by atoms with Gasteiger partial charge in [-0.3, -0.25) is 9.69 Å². The number of anilines is 1. The fourth-order valence-electron chi connectivity index (χ4n) is 3.44. The van der Waals surface area contributed by atoms with E-state index in [9.17, 15) is 4.79 Å². The molecule has 6 heteroatoms. The maximum absolute atomic E-state index is 12.8. The Labute approximate surface area is 143 Å². The van der Waals surface area contributed by atoms with Gasteiger partial charge in [0.15, 0.2) is 0 Å². The Morgan fingerprint density at radius 2 is 2.00 bits per heavy atom. The first-order chi connectivity index (χ1) is 10.2. The molecule has 2 saturated heterocycles. The van der Waals surface area contributed by atoms with E-state index in [-0.39, 0.29) is 24.4 Å². The predicted molar refractivity (Wildman–Crippen MR) is 93.1 cm³/mol. The molecule has 1 aromatic rings. The van der Waals surface area contributed by atoms with Gasteiger partial charge in [0.05, 0.1) is 16.8 Å². The van der Waals surface area contributed by atoms with Crippen molar-refractivity contribution in [2.24, 2.45) is 0 Å². The highest BCUT2D eigenvalue weighted by Gasteiger charge is 2.38. The number of piperidine rings is 1. The van der Waals surface area contributed by atoms with Crippen LogP contribution in [0.2, 0.25) is 5.02 Å². The Hall–Kier alpha value is -0.810. The van der Waals surface area contributed by atoms with Crippen LogP contribution >= 0.6 is 24.0 Å². The van der Waals surface area contributed by atoms with Crippen LogP contribution in [0.3, 0.4) is 0 Å². The molecule has 2 aliphatic heterocycles. The number of likely N-dealkylation sites (N-methyl/N-ethyl adjacent to an activating group) is 1. The summed E-state index contributed by atoms with van der Waals surface area (Å²) in [6.07, 6.45) is 3.24. The van der Waals surface area contributed by atoms with Gasteiger partial charge in [0.25, 0.3) is 0 Å². The molecule has 1 amide bonds. The van der Waals surface area contributed by atoms with Gasteiger partial charge in [-0.15, -0.1) is 12.4 Å². The second-order valence-corrected chi connectivity index (χ2v) is 6.28. The van der Waals surface area contributed by atoms with E-state index in [0.29, 0.717) is 11.1 Å². The summed E-state index contributed by atoms with van der Waals surface area (Å²) in [7, 11) is 2.00. The molecule has 2 heterocycles. The SMILES string of the molecule is CNC1CCCN(C2CCN(c3ccccc3Cl)C2=O)C1.Cl. The maximum atomic E-state index is 12.8. The standard InChI is InChI=1S/C16H22ClN3O.ClH/c1-18-12-5-4-9-19(11-12)15-8-10-20(16(15)21)14-7-3-2-6-13(14)17;/h2-3,6-7,12,15,18H,4-5,8-11H2,1H3;1H. The minimum Gasteiger partial charge on any atom is -0.316 e. The number of nitrogens with zero attached hydrogens (tertiary/aromatic N) is 2. The van der Waals surface area contributed by atoms with E-state index in [1.807, 2.05) is 36.2 Å². The average molecular weight is 344 g/mol. The van der Waals surface area contributed by atoms with E-state index in [1.54, 1.807) is 0 Å². The van der Waals surface area contributed by atoms with Gasteiger partial charge in [0, 0.05) is 19.1 Å². The molecule has 2 atom stereocenters. The summed E-state index contributed by atoms with van der Waals surface area (Å²) >= 11 is 6.23. The summed E-state index contributed by atoms with van der Waals surface area (Å²) < 4.78 is 0. The molecule has 0 bridgehead atoms. The van der Waals surface area contributed by atoms with Crippen LogP contribution in [0.1, 0.15) is 19.3 Å². The number of hydrogen-bond acceptors (Lipinski definition) is 3. The van der Waals surface area contributed by atoms with Gasteiger partial charge in [-0.2, -0.15) is 0 Å². The molecule has 0 spiro atoms. The molecule has 1 N–H and O–H groups in total. The number of hydrogen-bond donors (Lipinski definition) is 1. The zero-order valence-electron chi connectivity index (χ0n) is 12.8. The fraction of sp³-hybridized carbons (Fsp3) is 0.562. The van der Waals surface area contributed by atoms with E-state index in [0.717, 1.165) is 38.2 Å². The quantitative estimate of drug-likeness (QED) is 0.915. The molecule has 2 unspecified atom stereocenters. The van der Waals surface area contributed by atoms with Crippen molar-refractivity contribution in [2.45, 2.75) is 31.3 Å². The number of likely N-dealkylation sites (tertiary alicyclic amines) is 1. The van der Waals surface area contributed by atoms with Gasteiger partial charge >= 0.3 is 0 Å². The van der Waals surface area contributed by atoms with Crippen LogP contribution in [-0.2, 0) is 4.79 Å². The zero-order chi connectivity index (χ0) is 14.8. The van der Waals surface area contributed by atoms with Gasteiger partial charge in [-0.25, -0.2) is 0 Å². The normalized spacial score (nSPS) is 26.1. The van der Waals surface area contributed by atoms with Gasteiger partial charge in [-0.05, 0) is 45.0 Å². The Morgan fingerprint density at radius 3 is 2.73 bits per heavy atom. The third-order valence-corrected chi connectivity index (χ3v) is 4.94. The summed E-state index contributed by atoms with van der Waals surface area (Å²) in [5.74, 6) is 0.194. The van der Waals surface area contributed by atoms with Crippen LogP contribution in [0.15, 0.2) is 24.3 Å². The van der Waals surface area contributed by atoms with Crippen LogP contribution in [0.5, 0.6) is 0 Å². The van der Waals surface area contributed by atoms with Crippen molar-refractivity contribution in [1.29, 1.82) is 0 Å². The van der Waals surface area contributed by atoms with Crippen molar-refractivity contribution in [2.75, 3.05) is 31.6 Å². The van der Waals surface area contributed by atoms with Crippen molar-refractivity contribution in [1.82, 2.24) is 10.2 Å². The van der Waals surface area contributed by atoms with Gasteiger partial charge in [0.2, 0.25) is 5.91 Å². The van der Waals surface area contributed by atoms with E-state index in [2.05, 4.69) is 10.2 Å². The number of amides is 1. The molecule has 0 aliphatic carbocycles. The van der Waals surface area contributed by atoms with Crippen LogP contribution < -0.4 is 10.2 Å². The van der Waals surface area contributed by atoms with Crippen molar-refractivity contribution < 1.29 is 4.79 Å². The summed E-state index contributed by atoms with van der Waals surface area (Å²) in [5, 5.41) is 3.99. The van der Waals surface area contributed by atoms with E-state index >= 15 is 0 Å². The first kappa shape index (κ1) is 17.5. The van der Waals surface area contributed by atoms with Crippen molar-refractivity contribution in [3.63, 3.8) is 0 Å². The molecule has 0 radical (unpaired) electrons. The van der Waals surface area contributed by atoms with Crippen molar-refractivity contribution >= 4 is 35.6 Å². The van der Waals surface area contributed by atoms with Crippen LogP contribution in [0.25, 0.3) is 0 Å². The topological polar surface area (TPSA) is 35.6 Å². The Balaban J connectivity index is 0.00000176. The molecule has 22 heavy (non-hydrogen) atoms. The largest absolute Gasteiger partial charge is 0.316 e. The third kappa shape index (κ3) is 3.40. The molecule has 4 nitrogen and oxygen atoms in total. The molecule has 0 saturated carbocycles. The second-order valence-electron chi connectivity index (χ2n) is 5.87. The lowest BCUT2D eigenvalue weighted by Gasteiger charge is -2.35. The first-order valence-electron chi connectivity index (χ1n) is 7.68. The molecular weight excluding hydrogens is 321 g/mol. The number of para-hydroxylation sites is 1. The number of carbonyl (C=O) groups is 1. The average Bonchev–Trinajstić information content (AvgIpc) is 2.89. The van der Waals surface area contributed by atoms with Crippen molar-refractivity contribution in [3.05, 3.63) is 29.3 Å². The molecule has 2 aliphatic rings. The highest BCUT2D eigenvalue weighted by Crippen LogP contribution is 2.31. The number of nitrogens with one attached hydrogen (secondary N) is 1. The molecule has 0 aromatic heterocycles. The predicted octanol–water partition coefficient (Wildman–Crippen LogP) is 2.55. The molecule has 1 aromatic carbocycles. The van der Waals surface area contributed by atoms with Crippen LogP contribution in [-0.4, -0.2) is 49.6 Å². The lowest BCUT2D eigenvalue weighted by molar-refractivity contribution is -0.122. The monoisotopic (exact) mass is 343 g/mol. The van der Waals surface area contributed by atoms with Crippen LogP contribution in [0.4, 0.5) is 5.69 Å². The fourth-order valence-corrected chi connectivity index (χ4v) is 3.68. The minimum atomic E-state index is 0. The highest BCUT2D eigenvalue weighted by atomic mass is 35.5. The smallest absolute Gasteiger partial charge is 0.244 e. The summed E-state index contributed by atoms with van der Waals surface area (Å²) in [4.78, 5) is 16.9. The Bertz CT molecular complexity index is 526. The number of benzene rings is 1. The number of rotatable bonds is 3. The number of carbonyl (C=O) groups excluding carboxylic acids is 1. The molecular formula is C16H23Cl2N3O. The maximum Gasteiger partial charge on any atom is 0.244 e. The molecule has 122 valence electrons. The lowest BCUT2D eigenvalue weighted by atomic mass is 10.0. The second kappa shape index (κ2) is 7.64. The van der Waals surface area contributed by atoms with E-state index < -0.39 is 0 Å². The molecule has 3 rings (SSSR count). The first-order valence-corrected chi connectivity index (χ1v) is 8.05.